The number of carbonyl (C=O) groups is 1. The molecule has 0 aromatic heterocycles. The first-order chi connectivity index (χ1) is 13.1. The van der Waals surface area contributed by atoms with Gasteiger partial charge >= 0.3 is 0 Å². The maximum Gasteiger partial charge on any atom is 0.261 e. The molecule has 2 aromatic carbocycles. The van der Waals surface area contributed by atoms with Crippen LogP contribution < -0.4 is 10.1 Å². The highest BCUT2D eigenvalue weighted by Gasteiger charge is 2.14. The van der Waals surface area contributed by atoms with Gasteiger partial charge in [0.25, 0.3) is 5.91 Å². The van der Waals surface area contributed by atoms with Crippen LogP contribution in [0.25, 0.3) is 0 Å². The number of hydrogen-bond acceptors (Lipinski definition) is 4. The number of aryl methyl sites for hydroxylation is 1. The third kappa shape index (κ3) is 6.08. The van der Waals surface area contributed by atoms with Gasteiger partial charge in [0.15, 0.2) is 6.10 Å². The van der Waals surface area contributed by atoms with E-state index in [0.29, 0.717) is 12.3 Å². The Morgan fingerprint density at radius 2 is 1.85 bits per heavy atom. The molecule has 1 aliphatic heterocycles. The van der Waals surface area contributed by atoms with Crippen molar-refractivity contribution in [1.82, 2.24) is 10.2 Å². The van der Waals surface area contributed by atoms with Gasteiger partial charge in [-0.1, -0.05) is 36.4 Å². The Hall–Kier alpha value is -2.37. The topological polar surface area (TPSA) is 50.8 Å². The fourth-order valence-corrected chi connectivity index (χ4v) is 3.06. The van der Waals surface area contributed by atoms with Crippen molar-refractivity contribution in [3.05, 3.63) is 65.2 Å². The molecule has 0 spiro atoms. The van der Waals surface area contributed by atoms with E-state index in [1.807, 2.05) is 31.2 Å². The van der Waals surface area contributed by atoms with Gasteiger partial charge in [-0.15, -0.1) is 0 Å². The first-order valence-corrected chi connectivity index (χ1v) is 9.49. The first kappa shape index (κ1) is 19.4. The maximum atomic E-state index is 12.3. The molecule has 0 saturated carbocycles. The molecule has 144 valence electrons. The van der Waals surface area contributed by atoms with Crippen molar-refractivity contribution in [2.24, 2.45) is 0 Å². The molecule has 5 heteroatoms. The maximum absolute atomic E-state index is 12.3. The summed E-state index contributed by atoms with van der Waals surface area (Å²) in [5, 5.41) is 2.94. The van der Waals surface area contributed by atoms with E-state index in [4.69, 9.17) is 9.47 Å². The van der Waals surface area contributed by atoms with Crippen molar-refractivity contribution in [2.75, 3.05) is 26.3 Å². The van der Waals surface area contributed by atoms with Gasteiger partial charge < -0.3 is 14.8 Å². The molecular formula is C22H28N2O3. The van der Waals surface area contributed by atoms with Crippen LogP contribution in [0.5, 0.6) is 5.75 Å². The lowest BCUT2D eigenvalue weighted by molar-refractivity contribution is -0.127. The smallest absolute Gasteiger partial charge is 0.261 e. The molecule has 27 heavy (non-hydrogen) atoms. The van der Waals surface area contributed by atoms with Crippen LogP contribution in [-0.2, 0) is 22.6 Å². The van der Waals surface area contributed by atoms with Gasteiger partial charge in [0.2, 0.25) is 0 Å². The number of nitrogens with one attached hydrogen (secondary N) is 1. The van der Waals surface area contributed by atoms with E-state index < -0.39 is 6.10 Å². The number of amides is 1. The molecule has 0 radical (unpaired) electrons. The summed E-state index contributed by atoms with van der Waals surface area (Å²) >= 11 is 0. The minimum absolute atomic E-state index is 0.117. The Kier molecular flexibility index (Phi) is 6.85. The first-order valence-electron chi connectivity index (χ1n) is 9.49. The van der Waals surface area contributed by atoms with Gasteiger partial charge in [-0.25, -0.2) is 0 Å². The van der Waals surface area contributed by atoms with Crippen LogP contribution in [0.15, 0.2) is 48.5 Å². The second kappa shape index (κ2) is 9.53. The summed E-state index contributed by atoms with van der Waals surface area (Å²) in [7, 11) is 0. The average Bonchev–Trinajstić information content (AvgIpc) is 2.68. The predicted molar refractivity (Wildman–Crippen MR) is 106 cm³/mol. The van der Waals surface area contributed by atoms with Crippen molar-refractivity contribution in [2.45, 2.75) is 33.0 Å². The third-order valence-corrected chi connectivity index (χ3v) is 4.67. The quantitative estimate of drug-likeness (QED) is 0.816. The molecule has 0 aliphatic carbocycles. The lowest BCUT2D eigenvalue weighted by atomic mass is 10.1. The Morgan fingerprint density at radius 3 is 2.56 bits per heavy atom. The summed E-state index contributed by atoms with van der Waals surface area (Å²) in [4.78, 5) is 14.7. The number of hydrogen-bond donors (Lipinski definition) is 1. The van der Waals surface area contributed by atoms with Crippen molar-refractivity contribution < 1.29 is 14.3 Å². The van der Waals surface area contributed by atoms with E-state index in [9.17, 15) is 4.79 Å². The minimum atomic E-state index is -0.535. The molecule has 5 nitrogen and oxygen atoms in total. The average molecular weight is 368 g/mol. The van der Waals surface area contributed by atoms with E-state index in [-0.39, 0.29) is 5.91 Å². The Balaban J connectivity index is 1.45. The van der Waals surface area contributed by atoms with E-state index in [2.05, 4.69) is 34.5 Å². The largest absolute Gasteiger partial charge is 0.481 e. The Bertz CT molecular complexity index is 739. The molecule has 1 amide bonds. The normalized spacial score (nSPS) is 15.9. The van der Waals surface area contributed by atoms with Crippen molar-refractivity contribution >= 4 is 5.91 Å². The zero-order chi connectivity index (χ0) is 19.1. The summed E-state index contributed by atoms with van der Waals surface area (Å²) in [6.07, 6.45) is -0.535. The number of benzene rings is 2. The van der Waals surface area contributed by atoms with Crippen LogP contribution in [0.4, 0.5) is 0 Å². The second-order valence-corrected chi connectivity index (χ2v) is 7.00. The number of nitrogens with zero attached hydrogens (tertiary/aromatic N) is 1. The summed E-state index contributed by atoms with van der Waals surface area (Å²) in [6.45, 7) is 8.80. The molecule has 1 fully saturated rings. The van der Waals surface area contributed by atoms with E-state index in [1.54, 1.807) is 6.92 Å². The van der Waals surface area contributed by atoms with Crippen molar-refractivity contribution in [1.29, 1.82) is 0 Å². The fourth-order valence-electron chi connectivity index (χ4n) is 3.06. The highest BCUT2D eigenvalue weighted by atomic mass is 16.5. The summed E-state index contributed by atoms with van der Waals surface area (Å²) in [5.74, 6) is 0.596. The molecule has 3 rings (SSSR count). The fraction of sp³-hybridized carbons (Fsp3) is 0.409. The highest BCUT2D eigenvalue weighted by molar-refractivity contribution is 5.80. The summed E-state index contributed by atoms with van der Waals surface area (Å²) in [5.41, 5.74) is 3.47. The van der Waals surface area contributed by atoms with Crippen LogP contribution in [0.3, 0.4) is 0 Å². The molecular weight excluding hydrogens is 340 g/mol. The molecule has 2 aromatic rings. The van der Waals surface area contributed by atoms with Gasteiger partial charge in [-0.2, -0.15) is 0 Å². The standard InChI is InChI=1S/C22H28N2O3/c1-17-4-3-5-21(14-17)27-18(2)22(25)23-15-19-6-8-20(9-7-19)16-24-10-12-26-13-11-24/h3-9,14,18H,10-13,15-16H2,1-2H3,(H,23,25). The number of ether oxygens (including phenoxy) is 2. The van der Waals surface area contributed by atoms with Crippen LogP contribution in [-0.4, -0.2) is 43.2 Å². The zero-order valence-corrected chi connectivity index (χ0v) is 16.1. The van der Waals surface area contributed by atoms with Gasteiger partial charge in [0.1, 0.15) is 5.75 Å². The van der Waals surface area contributed by atoms with E-state index in [0.717, 1.165) is 44.0 Å². The Labute approximate surface area is 161 Å². The minimum Gasteiger partial charge on any atom is -0.481 e. The molecule has 1 aliphatic rings. The van der Waals surface area contributed by atoms with Crippen LogP contribution in [0.1, 0.15) is 23.6 Å². The van der Waals surface area contributed by atoms with Gasteiger partial charge in [0.05, 0.1) is 13.2 Å². The lowest BCUT2D eigenvalue weighted by Gasteiger charge is -2.26. The second-order valence-electron chi connectivity index (χ2n) is 7.00. The molecule has 1 atom stereocenters. The van der Waals surface area contributed by atoms with Crippen molar-refractivity contribution in [3.63, 3.8) is 0 Å². The Morgan fingerprint density at radius 1 is 1.15 bits per heavy atom. The van der Waals surface area contributed by atoms with Gasteiger partial charge in [-0.3, -0.25) is 9.69 Å². The lowest BCUT2D eigenvalue weighted by Crippen LogP contribution is -2.36. The summed E-state index contributed by atoms with van der Waals surface area (Å²) in [6, 6.07) is 16.1. The van der Waals surface area contributed by atoms with E-state index >= 15 is 0 Å². The van der Waals surface area contributed by atoms with Gasteiger partial charge in [-0.05, 0) is 42.7 Å². The highest BCUT2D eigenvalue weighted by Crippen LogP contribution is 2.14. The molecule has 0 bridgehead atoms. The van der Waals surface area contributed by atoms with Crippen LogP contribution >= 0.6 is 0 Å². The molecule has 1 heterocycles. The van der Waals surface area contributed by atoms with Crippen LogP contribution in [0.2, 0.25) is 0 Å². The SMILES string of the molecule is Cc1cccc(OC(C)C(=O)NCc2ccc(CN3CCOCC3)cc2)c1. The predicted octanol–water partition coefficient (Wildman–Crippen LogP) is 2.91. The molecule has 1 saturated heterocycles. The van der Waals surface area contributed by atoms with Crippen molar-refractivity contribution in [3.8, 4) is 5.75 Å². The zero-order valence-electron chi connectivity index (χ0n) is 16.1. The number of carbonyl (C=O) groups excluding carboxylic acids is 1. The third-order valence-electron chi connectivity index (χ3n) is 4.67. The molecule has 1 unspecified atom stereocenters. The van der Waals surface area contributed by atoms with Gasteiger partial charge in [0, 0.05) is 26.2 Å². The van der Waals surface area contributed by atoms with Crippen LogP contribution in [0, 0.1) is 6.92 Å². The number of morpholine rings is 1. The monoisotopic (exact) mass is 368 g/mol. The number of rotatable bonds is 7. The summed E-state index contributed by atoms with van der Waals surface area (Å²) < 4.78 is 11.1. The van der Waals surface area contributed by atoms with E-state index in [1.165, 1.54) is 5.56 Å². The molecule has 1 N–H and O–H groups in total.